The first kappa shape index (κ1) is 17.0. The molecule has 2 aromatic rings. The fourth-order valence-corrected chi connectivity index (χ4v) is 3.48. The van der Waals surface area contributed by atoms with Crippen LogP contribution in [0.1, 0.15) is 18.2 Å². The number of rotatable bonds is 8. The van der Waals surface area contributed by atoms with Crippen LogP contribution in [0.5, 0.6) is 0 Å². The standard InChI is InChI=1S/C17H21NO2S2/c1-13-5-7-16(8-6-13)22-14(2)17(19)18-9-11-21-12-15-4-3-10-20-15/h3-8,10,14H,9,11-12H2,1-2H3,(H,18,19)/t14-/m1/s1. The number of hydrogen-bond acceptors (Lipinski definition) is 4. The van der Waals surface area contributed by atoms with E-state index >= 15 is 0 Å². The van der Waals surface area contributed by atoms with Gasteiger partial charge in [-0.05, 0) is 38.1 Å². The van der Waals surface area contributed by atoms with Crippen molar-refractivity contribution in [2.75, 3.05) is 12.3 Å². The van der Waals surface area contributed by atoms with Gasteiger partial charge in [0.25, 0.3) is 0 Å². The van der Waals surface area contributed by atoms with Gasteiger partial charge in [0.2, 0.25) is 5.91 Å². The van der Waals surface area contributed by atoms with Gasteiger partial charge in [-0.3, -0.25) is 4.79 Å². The lowest BCUT2D eigenvalue weighted by molar-refractivity contribution is -0.120. The highest BCUT2D eigenvalue weighted by Gasteiger charge is 2.13. The van der Waals surface area contributed by atoms with Crippen LogP contribution in [0.15, 0.2) is 52.0 Å². The quantitative estimate of drug-likeness (QED) is 0.582. The van der Waals surface area contributed by atoms with Gasteiger partial charge in [-0.25, -0.2) is 0 Å². The van der Waals surface area contributed by atoms with Crippen molar-refractivity contribution in [2.45, 2.75) is 29.7 Å². The summed E-state index contributed by atoms with van der Waals surface area (Å²) in [4.78, 5) is 13.2. The molecule has 1 heterocycles. The fourth-order valence-electron chi connectivity index (χ4n) is 1.83. The van der Waals surface area contributed by atoms with Crippen LogP contribution in [0.3, 0.4) is 0 Å². The molecule has 0 saturated carbocycles. The molecule has 1 aromatic carbocycles. The summed E-state index contributed by atoms with van der Waals surface area (Å²) in [5, 5.41) is 2.90. The Bertz CT molecular complexity index is 567. The van der Waals surface area contributed by atoms with Gasteiger partial charge in [0.15, 0.2) is 0 Å². The van der Waals surface area contributed by atoms with Gasteiger partial charge in [-0.15, -0.1) is 11.8 Å². The number of hydrogen-bond donors (Lipinski definition) is 1. The van der Waals surface area contributed by atoms with Gasteiger partial charge in [-0.1, -0.05) is 17.7 Å². The van der Waals surface area contributed by atoms with Gasteiger partial charge in [0.05, 0.1) is 17.3 Å². The smallest absolute Gasteiger partial charge is 0.233 e. The Morgan fingerprint density at radius 3 is 2.73 bits per heavy atom. The van der Waals surface area contributed by atoms with Crippen LogP contribution >= 0.6 is 23.5 Å². The number of nitrogens with one attached hydrogen (secondary N) is 1. The van der Waals surface area contributed by atoms with E-state index in [1.165, 1.54) is 5.56 Å². The number of amides is 1. The molecule has 118 valence electrons. The Balaban J connectivity index is 1.62. The average Bonchev–Trinajstić information content (AvgIpc) is 3.02. The molecule has 1 atom stereocenters. The first-order valence-corrected chi connectivity index (χ1v) is 9.30. The number of carbonyl (C=O) groups excluding carboxylic acids is 1. The lowest BCUT2D eigenvalue weighted by atomic mass is 10.2. The molecule has 1 N–H and O–H groups in total. The van der Waals surface area contributed by atoms with Gasteiger partial charge >= 0.3 is 0 Å². The molecular formula is C17H21NO2S2. The summed E-state index contributed by atoms with van der Waals surface area (Å²) in [6.07, 6.45) is 1.68. The average molecular weight is 335 g/mol. The van der Waals surface area contributed by atoms with Crippen LogP contribution in [-0.2, 0) is 10.5 Å². The zero-order chi connectivity index (χ0) is 15.8. The highest BCUT2D eigenvalue weighted by molar-refractivity contribution is 8.00. The Kier molecular flexibility index (Phi) is 6.93. The van der Waals surface area contributed by atoms with Crippen LogP contribution < -0.4 is 5.32 Å². The molecule has 5 heteroatoms. The van der Waals surface area contributed by atoms with Gasteiger partial charge < -0.3 is 9.73 Å². The number of carbonyl (C=O) groups is 1. The molecule has 0 aliphatic carbocycles. The van der Waals surface area contributed by atoms with E-state index in [4.69, 9.17) is 4.42 Å². The predicted molar refractivity (Wildman–Crippen MR) is 94.4 cm³/mol. The van der Waals surface area contributed by atoms with Crippen molar-refractivity contribution < 1.29 is 9.21 Å². The first-order valence-electron chi connectivity index (χ1n) is 7.26. The van der Waals surface area contributed by atoms with Gasteiger partial charge in [0.1, 0.15) is 5.76 Å². The molecular weight excluding hydrogens is 314 g/mol. The Hall–Kier alpha value is -1.33. The van der Waals surface area contributed by atoms with Crippen molar-refractivity contribution in [3.05, 3.63) is 54.0 Å². The van der Waals surface area contributed by atoms with Crippen LogP contribution in [0.25, 0.3) is 0 Å². The van der Waals surface area contributed by atoms with Crippen molar-refractivity contribution in [2.24, 2.45) is 0 Å². The zero-order valence-corrected chi connectivity index (χ0v) is 14.5. The van der Waals surface area contributed by atoms with Gasteiger partial charge in [-0.2, -0.15) is 11.8 Å². The molecule has 0 aliphatic heterocycles. The van der Waals surface area contributed by atoms with Crippen LogP contribution in [-0.4, -0.2) is 23.5 Å². The maximum atomic E-state index is 12.0. The largest absolute Gasteiger partial charge is 0.468 e. The fraction of sp³-hybridized carbons (Fsp3) is 0.353. The number of furan rings is 1. The predicted octanol–water partition coefficient (Wildman–Crippen LogP) is 4.12. The zero-order valence-electron chi connectivity index (χ0n) is 12.9. The van der Waals surface area contributed by atoms with E-state index in [2.05, 4.69) is 36.5 Å². The number of aryl methyl sites for hydroxylation is 1. The lowest BCUT2D eigenvalue weighted by Gasteiger charge is -2.12. The second-order valence-electron chi connectivity index (χ2n) is 5.00. The molecule has 1 amide bonds. The summed E-state index contributed by atoms with van der Waals surface area (Å²) in [7, 11) is 0. The minimum atomic E-state index is -0.0854. The molecule has 0 fully saturated rings. The molecule has 0 unspecified atom stereocenters. The SMILES string of the molecule is Cc1ccc(S[C@H](C)C(=O)NCCSCc2ccco2)cc1. The summed E-state index contributed by atoms with van der Waals surface area (Å²) in [5.74, 6) is 2.79. The molecule has 22 heavy (non-hydrogen) atoms. The summed E-state index contributed by atoms with van der Waals surface area (Å²) in [6.45, 7) is 4.68. The van der Waals surface area contributed by atoms with E-state index in [1.807, 2.05) is 19.1 Å². The summed E-state index contributed by atoms with van der Waals surface area (Å²) in [6, 6.07) is 12.1. The normalized spacial score (nSPS) is 12.1. The van der Waals surface area contributed by atoms with Crippen molar-refractivity contribution >= 4 is 29.4 Å². The molecule has 3 nitrogen and oxygen atoms in total. The Morgan fingerprint density at radius 1 is 1.27 bits per heavy atom. The summed E-state index contributed by atoms with van der Waals surface area (Å²) in [5.41, 5.74) is 1.23. The Labute approximate surface area is 140 Å². The second kappa shape index (κ2) is 8.96. The van der Waals surface area contributed by atoms with Crippen molar-refractivity contribution in [1.29, 1.82) is 0 Å². The molecule has 0 radical (unpaired) electrons. The summed E-state index contributed by atoms with van der Waals surface area (Å²) < 4.78 is 5.26. The minimum Gasteiger partial charge on any atom is -0.468 e. The lowest BCUT2D eigenvalue weighted by Crippen LogP contribution is -2.32. The minimum absolute atomic E-state index is 0.0854. The monoisotopic (exact) mass is 335 g/mol. The molecule has 1 aromatic heterocycles. The van der Waals surface area contributed by atoms with Gasteiger partial charge in [0, 0.05) is 17.2 Å². The molecule has 0 aliphatic rings. The van der Waals surface area contributed by atoms with E-state index in [0.29, 0.717) is 6.54 Å². The third-order valence-electron chi connectivity index (χ3n) is 3.07. The third kappa shape index (κ3) is 5.81. The van der Waals surface area contributed by atoms with Crippen LogP contribution in [0, 0.1) is 6.92 Å². The summed E-state index contributed by atoms with van der Waals surface area (Å²) >= 11 is 3.34. The maximum Gasteiger partial charge on any atom is 0.233 e. The third-order valence-corrected chi connectivity index (χ3v) is 5.17. The maximum absolute atomic E-state index is 12.0. The highest BCUT2D eigenvalue weighted by Crippen LogP contribution is 2.23. The van der Waals surface area contributed by atoms with E-state index in [0.717, 1.165) is 22.2 Å². The highest BCUT2D eigenvalue weighted by atomic mass is 32.2. The van der Waals surface area contributed by atoms with Crippen LogP contribution in [0.4, 0.5) is 0 Å². The van der Waals surface area contributed by atoms with E-state index in [1.54, 1.807) is 29.8 Å². The van der Waals surface area contributed by atoms with Crippen molar-refractivity contribution in [3.8, 4) is 0 Å². The van der Waals surface area contributed by atoms with Crippen molar-refractivity contribution in [1.82, 2.24) is 5.32 Å². The molecule has 0 bridgehead atoms. The van der Waals surface area contributed by atoms with Crippen LogP contribution in [0.2, 0.25) is 0 Å². The molecule has 2 rings (SSSR count). The number of thioether (sulfide) groups is 2. The topological polar surface area (TPSA) is 42.2 Å². The van der Waals surface area contributed by atoms with Crippen molar-refractivity contribution in [3.63, 3.8) is 0 Å². The van der Waals surface area contributed by atoms with E-state index in [-0.39, 0.29) is 11.2 Å². The first-order chi connectivity index (χ1) is 10.6. The Morgan fingerprint density at radius 2 is 2.05 bits per heavy atom. The molecule has 0 saturated heterocycles. The van der Waals surface area contributed by atoms with E-state index in [9.17, 15) is 4.79 Å². The second-order valence-corrected chi connectivity index (χ2v) is 7.52. The molecule has 0 spiro atoms. The number of benzene rings is 1. The van der Waals surface area contributed by atoms with E-state index < -0.39 is 0 Å².